The fraction of sp³-hybridized carbons (Fsp3) is 0.316. The van der Waals surface area contributed by atoms with E-state index in [-0.39, 0.29) is 21.3 Å². The third-order valence-electron chi connectivity index (χ3n) is 4.98. The van der Waals surface area contributed by atoms with Crippen molar-refractivity contribution >= 4 is 39.1 Å². The predicted octanol–water partition coefficient (Wildman–Crippen LogP) is 4.32. The van der Waals surface area contributed by atoms with Crippen LogP contribution in [0.1, 0.15) is 5.56 Å². The number of thiophene rings is 1. The second-order valence-electron chi connectivity index (χ2n) is 7.03. The molecule has 0 aliphatic carbocycles. The third-order valence-corrected chi connectivity index (χ3v) is 6.20. The zero-order chi connectivity index (χ0) is 22.5. The normalized spacial score (nSPS) is 19.4. The summed E-state index contributed by atoms with van der Waals surface area (Å²) in [6, 6.07) is 3.29. The fourth-order valence-electron chi connectivity index (χ4n) is 3.38. The van der Waals surface area contributed by atoms with Crippen LogP contribution in [0.15, 0.2) is 34.7 Å². The molecular formula is C19H13ClF5N3O2S. The topological polar surface area (TPSA) is 55.2 Å². The molecule has 31 heavy (non-hydrogen) atoms. The van der Waals surface area contributed by atoms with Gasteiger partial charge in [0, 0.05) is 10.9 Å². The quantitative estimate of drug-likeness (QED) is 0.528. The van der Waals surface area contributed by atoms with Crippen LogP contribution < -0.4 is 5.56 Å². The first-order chi connectivity index (χ1) is 14.6. The molecule has 2 aromatic heterocycles. The Morgan fingerprint density at radius 1 is 1.23 bits per heavy atom. The number of carbonyl (C=O) groups is 1. The molecule has 4 rings (SSSR count). The van der Waals surface area contributed by atoms with Gasteiger partial charge in [-0.25, -0.2) is 13.8 Å². The predicted molar refractivity (Wildman–Crippen MR) is 106 cm³/mol. The average molecular weight is 478 g/mol. The van der Waals surface area contributed by atoms with Gasteiger partial charge in [0.1, 0.15) is 11.4 Å². The van der Waals surface area contributed by atoms with E-state index < -0.39 is 60.2 Å². The Bertz CT molecular complexity index is 1220. The monoisotopic (exact) mass is 477 g/mol. The smallest absolute Gasteiger partial charge is 0.335 e. The number of alkyl halides is 5. The lowest BCUT2D eigenvalue weighted by atomic mass is 10.0. The summed E-state index contributed by atoms with van der Waals surface area (Å²) < 4.78 is 67.3. The van der Waals surface area contributed by atoms with Crippen LogP contribution in [-0.4, -0.2) is 45.8 Å². The molecule has 0 bridgehead atoms. The number of hydrogen-bond acceptors (Lipinski definition) is 4. The Morgan fingerprint density at radius 3 is 2.55 bits per heavy atom. The SMILES string of the molecule is O=C(Cn1cnc2scc(-c3ccc(Cl)c(C(F)(F)F)c3)c2c1=O)N1C[C@@H](F)[C@@H](F)C1. The summed E-state index contributed by atoms with van der Waals surface area (Å²) in [6.07, 6.45) is -7.11. The Kier molecular flexibility index (Phi) is 5.50. The maximum absolute atomic E-state index is 13.4. The minimum absolute atomic E-state index is 0.0453. The number of halogens is 6. The van der Waals surface area contributed by atoms with Gasteiger partial charge < -0.3 is 4.90 Å². The van der Waals surface area contributed by atoms with Crippen molar-refractivity contribution in [2.24, 2.45) is 0 Å². The van der Waals surface area contributed by atoms with Crippen molar-refractivity contribution in [1.29, 1.82) is 0 Å². The molecule has 1 aliphatic rings. The van der Waals surface area contributed by atoms with Crippen LogP contribution in [-0.2, 0) is 17.5 Å². The van der Waals surface area contributed by atoms with Gasteiger partial charge in [-0.05, 0) is 17.7 Å². The number of nitrogens with zero attached hydrogens (tertiary/aromatic N) is 3. The van der Waals surface area contributed by atoms with Gasteiger partial charge in [0.05, 0.1) is 35.4 Å². The highest BCUT2D eigenvalue weighted by atomic mass is 35.5. The molecule has 2 atom stereocenters. The molecule has 0 radical (unpaired) electrons. The molecule has 1 saturated heterocycles. The second-order valence-corrected chi connectivity index (χ2v) is 8.30. The zero-order valence-corrected chi connectivity index (χ0v) is 17.1. The number of rotatable bonds is 3. The van der Waals surface area contributed by atoms with Crippen LogP contribution >= 0.6 is 22.9 Å². The van der Waals surface area contributed by atoms with Gasteiger partial charge in [0.2, 0.25) is 5.91 Å². The third kappa shape index (κ3) is 4.03. The summed E-state index contributed by atoms with van der Waals surface area (Å²) in [5, 5.41) is 1.07. The van der Waals surface area contributed by atoms with E-state index in [1.54, 1.807) is 0 Å². The van der Waals surface area contributed by atoms with Gasteiger partial charge >= 0.3 is 6.18 Å². The van der Waals surface area contributed by atoms with E-state index >= 15 is 0 Å². The molecule has 3 aromatic rings. The number of benzene rings is 1. The molecule has 0 saturated carbocycles. The number of carbonyl (C=O) groups excluding carboxylic acids is 1. The Morgan fingerprint density at radius 2 is 1.90 bits per heavy atom. The number of hydrogen-bond donors (Lipinski definition) is 0. The first-order valence-electron chi connectivity index (χ1n) is 8.96. The molecule has 1 fully saturated rings. The van der Waals surface area contributed by atoms with E-state index in [2.05, 4.69) is 4.98 Å². The maximum Gasteiger partial charge on any atom is 0.417 e. The van der Waals surface area contributed by atoms with Crippen LogP contribution in [0.3, 0.4) is 0 Å². The lowest BCUT2D eigenvalue weighted by Crippen LogP contribution is -2.35. The molecule has 12 heteroatoms. The Balaban J connectivity index is 1.72. The van der Waals surface area contributed by atoms with Crippen LogP contribution in [0.4, 0.5) is 22.0 Å². The number of likely N-dealkylation sites (tertiary alicyclic amines) is 1. The molecule has 1 aromatic carbocycles. The summed E-state index contributed by atoms with van der Waals surface area (Å²) in [5.74, 6) is -0.659. The lowest BCUT2D eigenvalue weighted by molar-refractivity contribution is -0.137. The number of fused-ring (bicyclic) bond motifs is 1. The van der Waals surface area contributed by atoms with Crippen molar-refractivity contribution < 1.29 is 26.7 Å². The summed E-state index contributed by atoms with van der Waals surface area (Å²) in [4.78, 5) is 30.7. The van der Waals surface area contributed by atoms with Crippen molar-refractivity contribution in [3.8, 4) is 11.1 Å². The van der Waals surface area contributed by atoms with Gasteiger partial charge in [-0.2, -0.15) is 13.2 Å². The summed E-state index contributed by atoms with van der Waals surface area (Å²) in [5.41, 5.74) is -1.35. The number of amides is 1. The van der Waals surface area contributed by atoms with Gasteiger partial charge in [-0.3, -0.25) is 14.2 Å². The van der Waals surface area contributed by atoms with E-state index in [0.717, 1.165) is 39.3 Å². The highest BCUT2D eigenvalue weighted by Crippen LogP contribution is 2.39. The minimum atomic E-state index is -4.68. The van der Waals surface area contributed by atoms with E-state index in [1.807, 2.05) is 0 Å². The molecule has 1 amide bonds. The highest BCUT2D eigenvalue weighted by molar-refractivity contribution is 7.17. The van der Waals surface area contributed by atoms with Gasteiger partial charge in [-0.15, -0.1) is 11.3 Å². The lowest BCUT2D eigenvalue weighted by Gasteiger charge is -2.15. The van der Waals surface area contributed by atoms with Gasteiger partial charge in [0.15, 0.2) is 12.3 Å². The molecule has 5 nitrogen and oxygen atoms in total. The van der Waals surface area contributed by atoms with E-state index in [0.29, 0.717) is 0 Å². The highest BCUT2D eigenvalue weighted by Gasteiger charge is 2.36. The molecule has 0 N–H and O–H groups in total. The summed E-state index contributed by atoms with van der Waals surface area (Å²) >= 11 is 6.73. The van der Waals surface area contributed by atoms with Crippen molar-refractivity contribution in [2.75, 3.05) is 13.1 Å². The van der Waals surface area contributed by atoms with Crippen molar-refractivity contribution in [1.82, 2.24) is 14.5 Å². The molecule has 164 valence electrons. The fourth-order valence-corrected chi connectivity index (χ4v) is 4.51. The Hall–Kier alpha value is -2.53. The second kappa shape index (κ2) is 7.86. The van der Waals surface area contributed by atoms with E-state index in [9.17, 15) is 31.5 Å². The molecule has 1 aliphatic heterocycles. The van der Waals surface area contributed by atoms with Gasteiger partial charge in [-0.1, -0.05) is 17.7 Å². The van der Waals surface area contributed by atoms with Crippen LogP contribution in [0, 0.1) is 0 Å². The average Bonchev–Trinajstić information content (AvgIpc) is 3.27. The summed E-state index contributed by atoms with van der Waals surface area (Å²) in [7, 11) is 0. The maximum atomic E-state index is 13.4. The molecule has 0 unspecified atom stereocenters. The van der Waals surface area contributed by atoms with E-state index in [1.165, 1.54) is 11.4 Å². The molecule has 3 heterocycles. The van der Waals surface area contributed by atoms with Crippen molar-refractivity contribution in [2.45, 2.75) is 25.1 Å². The standard InChI is InChI=1S/C19H13ClF5N3O2S/c20-12-2-1-9(3-11(12)19(23,24)25)10-7-31-17-16(10)18(30)28(8-26-17)6-15(29)27-4-13(21)14(22)5-27/h1-3,7-8,13-14H,4-6H2/t13-,14+. The Labute approximate surface area is 180 Å². The molecular weight excluding hydrogens is 465 g/mol. The summed E-state index contributed by atoms with van der Waals surface area (Å²) in [6.45, 7) is -1.30. The van der Waals surface area contributed by atoms with Crippen LogP contribution in [0.5, 0.6) is 0 Å². The van der Waals surface area contributed by atoms with Crippen molar-refractivity contribution in [3.05, 3.63) is 50.8 Å². The van der Waals surface area contributed by atoms with Crippen LogP contribution in [0.25, 0.3) is 21.3 Å². The number of aromatic nitrogens is 2. The van der Waals surface area contributed by atoms with Crippen LogP contribution in [0.2, 0.25) is 5.02 Å². The first-order valence-corrected chi connectivity index (χ1v) is 10.2. The molecule has 0 spiro atoms. The van der Waals surface area contributed by atoms with E-state index in [4.69, 9.17) is 11.6 Å². The largest absolute Gasteiger partial charge is 0.417 e. The first kappa shape index (κ1) is 21.7. The minimum Gasteiger partial charge on any atom is -0.335 e. The van der Waals surface area contributed by atoms with Crippen molar-refractivity contribution in [3.63, 3.8) is 0 Å². The zero-order valence-electron chi connectivity index (χ0n) is 15.5. The van der Waals surface area contributed by atoms with Gasteiger partial charge in [0.25, 0.3) is 5.56 Å².